The molecule has 20 heavy (non-hydrogen) atoms. The van der Waals surface area contributed by atoms with Gasteiger partial charge in [0.2, 0.25) is 0 Å². The lowest BCUT2D eigenvalue weighted by Gasteiger charge is -2.12. The molecule has 0 bridgehead atoms. The molecule has 0 radical (unpaired) electrons. The number of imidazole rings is 1. The van der Waals surface area contributed by atoms with Gasteiger partial charge in [0.05, 0.1) is 6.33 Å². The molecular formula is C15H18N2O2S. The molecule has 5 heteroatoms. The number of aryl methyl sites for hydroxylation is 1. The third kappa shape index (κ3) is 4.74. The highest BCUT2D eigenvalue weighted by molar-refractivity contribution is 8.00. The molecule has 2 rings (SSSR count). The lowest BCUT2D eigenvalue weighted by molar-refractivity contribution is -0.136. The van der Waals surface area contributed by atoms with Crippen LogP contribution in [0.2, 0.25) is 0 Å². The first-order valence-corrected chi connectivity index (χ1v) is 7.64. The van der Waals surface area contributed by atoms with E-state index in [1.807, 2.05) is 41.1 Å². The van der Waals surface area contributed by atoms with Crippen molar-refractivity contribution in [2.24, 2.45) is 0 Å². The van der Waals surface area contributed by atoms with Crippen LogP contribution in [0, 0.1) is 0 Å². The third-order valence-corrected chi connectivity index (χ3v) is 4.27. The maximum absolute atomic E-state index is 11.3. The lowest BCUT2D eigenvalue weighted by Crippen LogP contribution is -2.20. The third-order valence-electron chi connectivity index (χ3n) is 2.98. The molecule has 1 N–H and O–H groups in total. The minimum Gasteiger partial charge on any atom is -0.480 e. The van der Waals surface area contributed by atoms with Crippen molar-refractivity contribution in [2.75, 3.05) is 5.75 Å². The zero-order valence-electron chi connectivity index (χ0n) is 11.2. The molecule has 0 aliphatic rings. The molecule has 1 unspecified atom stereocenters. The molecule has 1 aromatic carbocycles. The van der Waals surface area contributed by atoms with Crippen LogP contribution in [0.4, 0.5) is 0 Å². The predicted molar refractivity (Wildman–Crippen MR) is 80.9 cm³/mol. The van der Waals surface area contributed by atoms with Crippen molar-refractivity contribution >= 4 is 17.7 Å². The van der Waals surface area contributed by atoms with Gasteiger partial charge in [-0.3, -0.25) is 4.79 Å². The molecule has 0 aliphatic heterocycles. The quantitative estimate of drug-likeness (QED) is 0.759. The zero-order chi connectivity index (χ0) is 14.2. The van der Waals surface area contributed by atoms with Crippen LogP contribution in [0.15, 0.2) is 49.1 Å². The second-order valence-electron chi connectivity index (χ2n) is 4.54. The van der Waals surface area contributed by atoms with E-state index < -0.39 is 5.97 Å². The summed E-state index contributed by atoms with van der Waals surface area (Å²) in [6.07, 6.45) is 6.97. The Hall–Kier alpha value is -1.75. The largest absolute Gasteiger partial charge is 0.480 e. The molecule has 0 saturated heterocycles. The summed E-state index contributed by atoms with van der Waals surface area (Å²) in [7, 11) is 0. The Kier molecular flexibility index (Phi) is 5.68. The van der Waals surface area contributed by atoms with Gasteiger partial charge >= 0.3 is 5.97 Å². The van der Waals surface area contributed by atoms with E-state index in [1.165, 1.54) is 11.8 Å². The van der Waals surface area contributed by atoms with Crippen molar-refractivity contribution in [1.82, 2.24) is 9.55 Å². The Balaban J connectivity index is 1.76. The molecule has 0 amide bonds. The van der Waals surface area contributed by atoms with Gasteiger partial charge in [0.1, 0.15) is 5.25 Å². The number of hydrogen-bond donors (Lipinski definition) is 1. The summed E-state index contributed by atoms with van der Waals surface area (Å²) in [5.74, 6) is 0.101. The van der Waals surface area contributed by atoms with Gasteiger partial charge in [-0.2, -0.15) is 0 Å². The summed E-state index contributed by atoms with van der Waals surface area (Å²) in [6, 6.07) is 9.78. The van der Waals surface area contributed by atoms with Crippen LogP contribution in [-0.4, -0.2) is 31.6 Å². The van der Waals surface area contributed by atoms with Crippen molar-refractivity contribution in [3.63, 3.8) is 0 Å². The van der Waals surface area contributed by atoms with Crippen LogP contribution < -0.4 is 0 Å². The van der Waals surface area contributed by atoms with Crippen LogP contribution in [0.5, 0.6) is 0 Å². The number of carboxylic acids is 1. The van der Waals surface area contributed by atoms with Crippen LogP contribution in [0.3, 0.4) is 0 Å². The van der Waals surface area contributed by atoms with Crippen LogP contribution in [0.1, 0.15) is 12.0 Å². The maximum atomic E-state index is 11.3. The number of hydrogen-bond acceptors (Lipinski definition) is 3. The van der Waals surface area contributed by atoms with Crippen molar-refractivity contribution < 1.29 is 9.90 Å². The van der Waals surface area contributed by atoms with Gasteiger partial charge in [-0.1, -0.05) is 30.3 Å². The van der Waals surface area contributed by atoms with E-state index >= 15 is 0 Å². The summed E-state index contributed by atoms with van der Waals surface area (Å²) in [5.41, 5.74) is 1.07. The second-order valence-corrected chi connectivity index (χ2v) is 5.85. The Morgan fingerprint density at radius 1 is 1.35 bits per heavy atom. The van der Waals surface area contributed by atoms with Gasteiger partial charge in [0.15, 0.2) is 0 Å². The van der Waals surface area contributed by atoms with E-state index in [0.717, 1.165) is 24.3 Å². The molecule has 0 saturated carbocycles. The number of thioether (sulfide) groups is 1. The average Bonchev–Trinajstić information content (AvgIpc) is 2.96. The second kappa shape index (κ2) is 7.75. The Labute approximate surface area is 122 Å². The minimum absolute atomic E-state index is 0.375. The number of aliphatic carboxylic acids is 1. The summed E-state index contributed by atoms with van der Waals surface area (Å²) in [6.45, 7) is 0.880. The number of benzene rings is 1. The first kappa shape index (κ1) is 14.7. The van der Waals surface area contributed by atoms with Gasteiger partial charge in [0, 0.05) is 18.9 Å². The van der Waals surface area contributed by atoms with Gasteiger partial charge in [0.25, 0.3) is 0 Å². The molecule has 1 aromatic heterocycles. The van der Waals surface area contributed by atoms with Crippen LogP contribution in [-0.2, 0) is 17.8 Å². The number of nitrogens with zero attached hydrogens (tertiary/aromatic N) is 2. The van der Waals surface area contributed by atoms with Crippen molar-refractivity contribution in [3.8, 4) is 0 Å². The fourth-order valence-corrected chi connectivity index (χ4v) is 2.97. The average molecular weight is 290 g/mol. The first-order valence-electron chi connectivity index (χ1n) is 6.60. The minimum atomic E-state index is -0.735. The summed E-state index contributed by atoms with van der Waals surface area (Å²) in [5, 5.41) is 8.91. The molecule has 106 valence electrons. The van der Waals surface area contributed by atoms with Gasteiger partial charge in [-0.25, -0.2) is 4.98 Å². The van der Waals surface area contributed by atoms with Crippen molar-refractivity contribution in [1.29, 1.82) is 0 Å². The molecule has 1 atom stereocenters. The van der Waals surface area contributed by atoms with Crippen molar-refractivity contribution in [2.45, 2.75) is 24.6 Å². The summed E-state index contributed by atoms with van der Waals surface area (Å²) in [4.78, 5) is 15.3. The summed E-state index contributed by atoms with van der Waals surface area (Å²) < 4.78 is 2.01. The molecular weight excluding hydrogens is 272 g/mol. The van der Waals surface area contributed by atoms with Crippen LogP contribution in [0.25, 0.3) is 0 Å². The monoisotopic (exact) mass is 290 g/mol. The Bertz CT molecular complexity index is 514. The zero-order valence-corrected chi connectivity index (χ0v) is 12.0. The Morgan fingerprint density at radius 2 is 2.15 bits per heavy atom. The number of carbonyl (C=O) groups is 1. The van der Waals surface area contributed by atoms with Gasteiger partial charge in [-0.15, -0.1) is 11.8 Å². The molecule has 0 spiro atoms. The SMILES string of the molecule is O=C(O)C(Cc1ccccc1)SCCCn1ccnc1. The molecule has 0 fully saturated rings. The standard InChI is InChI=1S/C15H18N2O2S/c18-15(19)14(11-13-5-2-1-3-6-13)20-10-4-8-17-9-7-16-12-17/h1-3,5-7,9,12,14H,4,8,10-11H2,(H,18,19). The fourth-order valence-electron chi connectivity index (χ4n) is 1.94. The Morgan fingerprint density at radius 3 is 2.80 bits per heavy atom. The number of rotatable bonds is 8. The lowest BCUT2D eigenvalue weighted by atomic mass is 10.1. The van der Waals surface area contributed by atoms with E-state index in [4.69, 9.17) is 0 Å². The molecule has 4 nitrogen and oxygen atoms in total. The molecule has 1 heterocycles. The predicted octanol–water partition coefficient (Wildman–Crippen LogP) is 2.70. The van der Waals surface area contributed by atoms with E-state index in [9.17, 15) is 9.90 Å². The van der Waals surface area contributed by atoms with Crippen molar-refractivity contribution in [3.05, 3.63) is 54.6 Å². The summed E-state index contributed by atoms with van der Waals surface area (Å²) >= 11 is 1.51. The highest BCUT2D eigenvalue weighted by Crippen LogP contribution is 2.18. The highest BCUT2D eigenvalue weighted by Gasteiger charge is 2.17. The fraction of sp³-hybridized carbons (Fsp3) is 0.333. The first-order chi connectivity index (χ1) is 9.75. The molecule has 2 aromatic rings. The van der Waals surface area contributed by atoms with E-state index in [-0.39, 0.29) is 5.25 Å². The van der Waals surface area contributed by atoms with E-state index in [2.05, 4.69) is 4.98 Å². The maximum Gasteiger partial charge on any atom is 0.316 e. The van der Waals surface area contributed by atoms with E-state index in [0.29, 0.717) is 6.42 Å². The van der Waals surface area contributed by atoms with Gasteiger partial charge in [-0.05, 0) is 24.2 Å². The highest BCUT2D eigenvalue weighted by atomic mass is 32.2. The smallest absolute Gasteiger partial charge is 0.316 e. The topological polar surface area (TPSA) is 55.1 Å². The van der Waals surface area contributed by atoms with Crippen LogP contribution >= 0.6 is 11.8 Å². The normalized spacial score (nSPS) is 12.2. The van der Waals surface area contributed by atoms with E-state index in [1.54, 1.807) is 12.5 Å². The van der Waals surface area contributed by atoms with Gasteiger partial charge < -0.3 is 9.67 Å². The number of carboxylic acid groups (broad SMARTS) is 1. The number of aromatic nitrogens is 2. The molecule has 0 aliphatic carbocycles.